The van der Waals surface area contributed by atoms with Gasteiger partial charge in [-0.15, -0.1) is 0 Å². The summed E-state index contributed by atoms with van der Waals surface area (Å²) in [6.07, 6.45) is -4.49. The summed E-state index contributed by atoms with van der Waals surface area (Å²) in [5, 5.41) is 9.75. The largest absolute Gasteiger partial charge is 0.413 e. The first kappa shape index (κ1) is 28.6. The quantitative estimate of drug-likeness (QED) is 0.567. The predicted octanol–water partition coefficient (Wildman–Crippen LogP) is 4.22. The van der Waals surface area contributed by atoms with Crippen LogP contribution in [0.25, 0.3) is 0 Å². The van der Waals surface area contributed by atoms with E-state index in [0.717, 1.165) is 0 Å². The molecular weight excluding hydrogens is 480 g/mol. The lowest BCUT2D eigenvalue weighted by Gasteiger charge is -2.42. The molecule has 0 aromatic carbocycles. The number of ether oxygens (including phenoxy) is 1. The van der Waals surface area contributed by atoms with Crippen LogP contribution in [0.1, 0.15) is 47.8 Å². The number of halogens is 2. The van der Waals surface area contributed by atoms with E-state index < -0.39 is 57.8 Å². The van der Waals surface area contributed by atoms with Crippen LogP contribution in [0, 0.1) is 17.1 Å². The fraction of sp³-hybridized carbons (Fsp3) is 0.773. The van der Waals surface area contributed by atoms with E-state index in [1.165, 1.54) is 0 Å². The van der Waals surface area contributed by atoms with Crippen molar-refractivity contribution in [1.29, 1.82) is 5.26 Å². The van der Waals surface area contributed by atoms with Crippen LogP contribution in [-0.4, -0.2) is 50.7 Å². The van der Waals surface area contributed by atoms with Crippen LogP contribution in [0.5, 0.6) is 0 Å². The molecule has 0 saturated carbocycles. The predicted molar refractivity (Wildman–Crippen MR) is 130 cm³/mol. The fourth-order valence-electron chi connectivity index (χ4n) is 3.01. The number of alkyl halides is 1. The molecule has 0 aliphatic carbocycles. The molecule has 2 heterocycles. The van der Waals surface area contributed by atoms with Crippen molar-refractivity contribution in [3.8, 4) is 6.07 Å². The standard InChI is InChI=1S/C22H37F2N3O5Si2/c1-20(2,3)33(7,8)30-13-22(12-25)16(32-34(9,10)21(4,5)6)15(24)18(31-22)27-11-14(23)17(28)26-19(27)29/h11,15-16,18H,13H2,1-10H3,(H,26,28,29)/t15-,16-,18+,22+/m0/s1. The number of hydrogen-bond donors (Lipinski definition) is 1. The van der Waals surface area contributed by atoms with Gasteiger partial charge in [0.05, 0.1) is 12.8 Å². The lowest BCUT2D eigenvalue weighted by Crippen LogP contribution is -2.56. The zero-order valence-electron chi connectivity index (χ0n) is 21.7. The van der Waals surface area contributed by atoms with Crippen LogP contribution < -0.4 is 11.2 Å². The number of aromatic amines is 1. The molecule has 4 atom stereocenters. The van der Waals surface area contributed by atoms with Crippen molar-refractivity contribution in [1.82, 2.24) is 9.55 Å². The van der Waals surface area contributed by atoms with Gasteiger partial charge in [0, 0.05) is 0 Å². The second kappa shape index (κ2) is 9.09. The Kier molecular flexibility index (Phi) is 7.64. The van der Waals surface area contributed by atoms with Crippen molar-refractivity contribution in [3.05, 3.63) is 32.9 Å². The Hall–Kier alpha value is -1.66. The fourth-order valence-corrected chi connectivity index (χ4v) is 5.33. The number of nitrogens with zero attached hydrogens (tertiary/aromatic N) is 2. The molecule has 1 aliphatic heterocycles. The molecule has 12 heteroatoms. The van der Waals surface area contributed by atoms with E-state index in [9.17, 15) is 19.2 Å². The highest BCUT2D eigenvalue weighted by molar-refractivity contribution is 6.74. The summed E-state index contributed by atoms with van der Waals surface area (Å²) in [5.41, 5.74) is -4.16. The summed E-state index contributed by atoms with van der Waals surface area (Å²) in [6, 6.07) is 2.05. The smallest absolute Gasteiger partial charge is 0.330 e. The number of H-pyrrole nitrogens is 1. The SMILES string of the molecule is CC(C)(C)[Si](C)(C)OC[C@@]1(C#N)O[C@@H](n2cc(F)c(=O)[nH]c2=O)[C@@H](F)[C@@H]1O[Si](C)(C)C(C)(C)C. The molecule has 0 amide bonds. The van der Waals surface area contributed by atoms with E-state index in [-0.39, 0.29) is 16.7 Å². The maximum absolute atomic E-state index is 16.0. The lowest BCUT2D eigenvalue weighted by molar-refractivity contribution is -0.0890. The summed E-state index contributed by atoms with van der Waals surface area (Å²) in [5.74, 6) is -1.27. The van der Waals surface area contributed by atoms with E-state index in [2.05, 4.69) is 6.07 Å². The molecule has 1 aromatic heterocycles. The Morgan fingerprint density at radius 3 is 2.15 bits per heavy atom. The van der Waals surface area contributed by atoms with E-state index in [4.69, 9.17) is 13.6 Å². The van der Waals surface area contributed by atoms with Crippen LogP contribution in [-0.2, 0) is 13.6 Å². The summed E-state index contributed by atoms with van der Waals surface area (Å²) in [4.78, 5) is 25.7. The Balaban J connectivity index is 2.60. The van der Waals surface area contributed by atoms with Gasteiger partial charge in [0.1, 0.15) is 12.2 Å². The van der Waals surface area contributed by atoms with Crippen molar-refractivity contribution in [2.75, 3.05) is 6.61 Å². The van der Waals surface area contributed by atoms with Crippen molar-refractivity contribution in [2.24, 2.45) is 0 Å². The average Bonchev–Trinajstić information content (AvgIpc) is 2.94. The number of rotatable bonds is 6. The Morgan fingerprint density at radius 1 is 1.15 bits per heavy atom. The molecule has 0 spiro atoms. The second-order valence-corrected chi connectivity index (χ2v) is 21.5. The van der Waals surface area contributed by atoms with Gasteiger partial charge in [-0.1, -0.05) is 41.5 Å². The first-order valence-corrected chi connectivity index (χ1v) is 17.1. The Labute approximate surface area is 201 Å². The topological polar surface area (TPSA) is 106 Å². The maximum atomic E-state index is 16.0. The summed E-state index contributed by atoms with van der Waals surface area (Å²) in [6.45, 7) is 19.5. The van der Waals surface area contributed by atoms with Gasteiger partial charge in [-0.3, -0.25) is 14.3 Å². The molecule has 34 heavy (non-hydrogen) atoms. The first-order chi connectivity index (χ1) is 15.2. The van der Waals surface area contributed by atoms with Crippen LogP contribution in [0.2, 0.25) is 36.3 Å². The highest BCUT2D eigenvalue weighted by Gasteiger charge is 2.61. The molecule has 0 unspecified atom stereocenters. The summed E-state index contributed by atoms with van der Waals surface area (Å²) >= 11 is 0. The molecule has 2 rings (SSSR count). The molecule has 1 aromatic rings. The second-order valence-electron chi connectivity index (χ2n) is 11.9. The molecule has 0 bridgehead atoms. The first-order valence-electron chi connectivity index (χ1n) is 11.2. The average molecular weight is 518 g/mol. The lowest BCUT2D eigenvalue weighted by atomic mass is 9.99. The summed E-state index contributed by atoms with van der Waals surface area (Å²) < 4.78 is 49.1. The number of nitriles is 1. The van der Waals surface area contributed by atoms with Crippen LogP contribution in [0.15, 0.2) is 15.8 Å². The van der Waals surface area contributed by atoms with Gasteiger partial charge in [-0.25, -0.2) is 9.18 Å². The van der Waals surface area contributed by atoms with Crippen LogP contribution >= 0.6 is 0 Å². The van der Waals surface area contributed by atoms with Gasteiger partial charge < -0.3 is 13.6 Å². The zero-order valence-corrected chi connectivity index (χ0v) is 23.7. The third-order valence-corrected chi connectivity index (χ3v) is 16.4. The summed E-state index contributed by atoms with van der Waals surface area (Å²) in [7, 11) is -5.01. The number of aromatic nitrogens is 2. The van der Waals surface area contributed by atoms with Gasteiger partial charge >= 0.3 is 5.69 Å². The van der Waals surface area contributed by atoms with Crippen LogP contribution in [0.3, 0.4) is 0 Å². The van der Waals surface area contributed by atoms with E-state index in [1.54, 1.807) is 4.98 Å². The molecule has 1 aliphatic rings. The Bertz CT molecular complexity index is 1070. The monoisotopic (exact) mass is 517 g/mol. The van der Waals surface area contributed by atoms with E-state index in [0.29, 0.717) is 10.8 Å². The van der Waals surface area contributed by atoms with E-state index in [1.807, 2.05) is 67.7 Å². The Morgan fingerprint density at radius 2 is 1.68 bits per heavy atom. The van der Waals surface area contributed by atoms with Crippen molar-refractivity contribution < 1.29 is 22.4 Å². The molecule has 1 N–H and O–H groups in total. The van der Waals surface area contributed by atoms with Gasteiger partial charge in [0.15, 0.2) is 29.0 Å². The minimum absolute atomic E-state index is 0.189. The van der Waals surface area contributed by atoms with Crippen molar-refractivity contribution in [3.63, 3.8) is 0 Å². The zero-order chi connectivity index (χ0) is 26.5. The highest BCUT2D eigenvalue weighted by Crippen LogP contribution is 2.47. The third-order valence-electron chi connectivity index (χ3n) is 7.42. The van der Waals surface area contributed by atoms with Gasteiger partial charge in [0.25, 0.3) is 5.56 Å². The van der Waals surface area contributed by atoms with Gasteiger partial charge in [-0.2, -0.15) is 9.65 Å². The molecule has 0 radical (unpaired) electrons. The van der Waals surface area contributed by atoms with E-state index >= 15 is 4.39 Å². The molecule has 1 fully saturated rings. The molecular formula is C22H37F2N3O5Si2. The normalized spacial score (nSPS) is 26.5. The maximum Gasteiger partial charge on any atom is 0.330 e. The van der Waals surface area contributed by atoms with Gasteiger partial charge in [0.2, 0.25) is 11.4 Å². The molecule has 1 saturated heterocycles. The van der Waals surface area contributed by atoms with Crippen LogP contribution in [0.4, 0.5) is 8.78 Å². The highest BCUT2D eigenvalue weighted by atomic mass is 28.4. The van der Waals surface area contributed by atoms with Crippen molar-refractivity contribution >= 4 is 16.6 Å². The third kappa shape index (κ3) is 5.28. The van der Waals surface area contributed by atoms with Crippen molar-refractivity contribution in [2.45, 2.75) is 102 Å². The minimum atomic E-state index is -2.63. The van der Waals surface area contributed by atoms with Gasteiger partial charge in [-0.05, 0) is 36.3 Å². The molecule has 192 valence electrons. The number of hydrogen-bond acceptors (Lipinski definition) is 6. The minimum Gasteiger partial charge on any atom is -0.413 e. The molecule has 8 nitrogen and oxygen atoms in total. The number of nitrogens with one attached hydrogen (secondary N) is 1.